The number of carboxylic acids is 1. The van der Waals surface area contributed by atoms with Gasteiger partial charge in [-0.15, -0.1) is 0 Å². The van der Waals surface area contributed by atoms with E-state index >= 15 is 0 Å². The van der Waals surface area contributed by atoms with Gasteiger partial charge in [-0.25, -0.2) is 0 Å². The predicted molar refractivity (Wildman–Crippen MR) is 194 cm³/mol. The van der Waals surface area contributed by atoms with Crippen LogP contribution in [0, 0.1) is 5.92 Å². The Morgan fingerprint density at radius 1 is 0.827 bits per heavy atom. The molecule has 2 heterocycles. The van der Waals surface area contributed by atoms with Crippen LogP contribution in [0.25, 0.3) is 21.8 Å². The van der Waals surface area contributed by atoms with Crippen molar-refractivity contribution in [2.45, 2.75) is 45.3 Å². The van der Waals surface area contributed by atoms with Gasteiger partial charge in [0.2, 0.25) is 11.8 Å². The van der Waals surface area contributed by atoms with Gasteiger partial charge in [-0.3, -0.25) is 28.8 Å². The van der Waals surface area contributed by atoms with E-state index in [1.165, 1.54) is 13.1 Å². The lowest BCUT2D eigenvalue weighted by Gasteiger charge is -2.24. The van der Waals surface area contributed by atoms with Gasteiger partial charge in [0.1, 0.15) is 29.9 Å². The number of hydrogen-bond acceptors (Lipinski definition) is 7. The van der Waals surface area contributed by atoms with E-state index in [0.29, 0.717) is 23.1 Å². The standard InChI is InChI=1S/C38H40N6O8/c1-21(2)15-28(35(49)40-18-22-13-14-30-26(16-22)33(47)32(38(52)44(30)3)37(51)41-20-31(45)46)43-36(50)29(42-34(48)23-9-5-4-6-10-23)17-24-19-39-27-12-8-7-11-25(24)27/h4-14,16,19,21,28-29,39,47H,15,17-18,20H2,1-3H3,(H,40,49)(H,41,51)(H,42,48)(H,43,50)(H,45,46)/t28-,29-/m0/s1. The highest BCUT2D eigenvalue weighted by molar-refractivity contribution is 6.03. The number of hydrogen-bond donors (Lipinski definition) is 7. The molecule has 14 nitrogen and oxygen atoms in total. The van der Waals surface area contributed by atoms with Crippen LogP contribution in [0.2, 0.25) is 0 Å². The molecule has 5 aromatic rings. The van der Waals surface area contributed by atoms with Crippen molar-refractivity contribution in [3.8, 4) is 5.75 Å². The molecule has 0 aliphatic rings. The fourth-order valence-electron chi connectivity index (χ4n) is 5.99. The molecule has 0 radical (unpaired) electrons. The molecule has 7 N–H and O–H groups in total. The first-order valence-electron chi connectivity index (χ1n) is 16.7. The number of carbonyl (C=O) groups is 5. The maximum atomic E-state index is 13.9. The number of aliphatic carboxylic acids is 1. The fourth-order valence-corrected chi connectivity index (χ4v) is 5.99. The Morgan fingerprint density at radius 2 is 1.54 bits per heavy atom. The number of nitrogens with one attached hydrogen (secondary N) is 5. The summed E-state index contributed by atoms with van der Waals surface area (Å²) in [6.45, 7) is 3.04. The number of carbonyl (C=O) groups excluding carboxylic acids is 4. The zero-order valence-corrected chi connectivity index (χ0v) is 28.9. The molecule has 0 saturated carbocycles. The second-order valence-electron chi connectivity index (χ2n) is 12.9. The van der Waals surface area contributed by atoms with Gasteiger partial charge in [0.25, 0.3) is 17.4 Å². The van der Waals surface area contributed by atoms with Gasteiger partial charge >= 0.3 is 5.97 Å². The zero-order chi connectivity index (χ0) is 37.5. The van der Waals surface area contributed by atoms with Crippen LogP contribution in [-0.4, -0.2) is 68.0 Å². The highest BCUT2D eigenvalue weighted by Gasteiger charge is 2.29. The Balaban J connectivity index is 1.35. The SMILES string of the molecule is CC(C)C[C@H](NC(=O)[C@H](Cc1c[nH]c2ccccc12)NC(=O)c1ccccc1)C(=O)NCc1ccc2c(c1)c(O)c(C(=O)NCC(=O)O)c(=O)n2C. The van der Waals surface area contributed by atoms with E-state index in [4.69, 9.17) is 5.11 Å². The van der Waals surface area contributed by atoms with Crippen LogP contribution in [0.3, 0.4) is 0 Å². The topological polar surface area (TPSA) is 212 Å². The van der Waals surface area contributed by atoms with Gasteiger partial charge < -0.3 is 41.0 Å². The number of rotatable bonds is 14. The van der Waals surface area contributed by atoms with Gasteiger partial charge in [0.15, 0.2) is 0 Å². The molecular formula is C38H40N6O8. The highest BCUT2D eigenvalue weighted by atomic mass is 16.4. The molecule has 2 atom stereocenters. The van der Waals surface area contributed by atoms with E-state index in [1.807, 2.05) is 38.1 Å². The molecule has 2 aromatic heterocycles. The molecule has 0 bridgehead atoms. The lowest BCUT2D eigenvalue weighted by molar-refractivity contribution is -0.135. The molecule has 0 aliphatic carbocycles. The second-order valence-corrected chi connectivity index (χ2v) is 12.9. The van der Waals surface area contributed by atoms with E-state index in [0.717, 1.165) is 21.0 Å². The summed E-state index contributed by atoms with van der Waals surface area (Å²) in [6, 6.07) is 18.8. The predicted octanol–water partition coefficient (Wildman–Crippen LogP) is 2.73. The van der Waals surface area contributed by atoms with Crippen LogP contribution in [0.5, 0.6) is 5.75 Å². The first-order valence-corrected chi connectivity index (χ1v) is 16.7. The number of aryl methyl sites for hydroxylation is 1. The summed E-state index contributed by atoms with van der Waals surface area (Å²) in [5, 5.41) is 31.5. The lowest BCUT2D eigenvalue weighted by atomic mass is 10.0. The Hall–Kier alpha value is -6.44. The number of benzene rings is 3. The molecule has 5 rings (SSSR count). The minimum absolute atomic E-state index is 0.00613. The Bertz CT molecular complexity index is 2210. The first kappa shape index (κ1) is 36.8. The third-order valence-electron chi connectivity index (χ3n) is 8.62. The monoisotopic (exact) mass is 708 g/mol. The molecule has 0 saturated heterocycles. The average Bonchev–Trinajstić information content (AvgIpc) is 3.54. The normalized spacial score (nSPS) is 12.3. The molecule has 0 aliphatic heterocycles. The third-order valence-corrected chi connectivity index (χ3v) is 8.62. The fraction of sp³-hybridized carbons (Fsp3) is 0.263. The number of nitrogens with zero attached hydrogens (tertiary/aromatic N) is 1. The van der Waals surface area contributed by atoms with Gasteiger partial charge in [-0.2, -0.15) is 0 Å². The minimum atomic E-state index is -1.32. The van der Waals surface area contributed by atoms with Crippen LogP contribution in [0.15, 0.2) is 83.8 Å². The van der Waals surface area contributed by atoms with Crippen LogP contribution in [0.1, 0.15) is 52.1 Å². The number of para-hydroxylation sites is 1. The summed E-state index contributed by atoms with van der Waals surface area (Å²) >= 11 is 0. The van der Waals surface area contributed by atoms with E-state index in [-0.39, 0.29) is 24.3 Å². The average molecular weight is 709 g/mol. The molecule has 3 aromatic carbocycles. The number of H-pyrrole nitrogens is 1. The molecule has 4 amide bonds. The molecule has 0 spiro atoms. The third kappa shape index (κ3) is 8.46. The number of amides is 4. The maximum Gasteiger partial charge on any atom is 0.322 e. The van der Waals surface area contributed by atoms with E-state index in [2.05, 4.69) is 26.3 Å². The number of carboxylic acid groups (broad SMARTS) is 1. The maximum absolute atomic E-state index is 13.9. The second kappa shape index (κ2) is 16.1. The molecule has 0 unspecified atom stereocenters. The van der Waals surface area contributed by atoms with Crippen molar-refractivity contribution < 1.29 is 34.2 Å². The Kier molecular flexibility index (Phi) is 11.4. The van der Waals surface area contributed by atoms with Gasteiger partial charge in [-0.1, -0.05) is 56.3 Å². The van der Waals surface area contributed by atoms with Crippen molar-refractivity contribution in [3.63, 3.8) is 0 Å². The minimum Gasteiger partial charge on any atom is -0.506 e. The van der Waals surface area contributed by atoms with Crippen molar-refractivity contribution >= 4 is 51.4 Å². The summed E-state index contributed by atoms with van der Waals surface area (Å²) in [5.41, 5.74) is 1.45. The number of fused-ring (bicyclic) bond motifs is 2. The molecule has 14 heteroatoms. The summed E-state index contributed by atoms with van der Waals surface area (Å²) in [6.07, 6.45) is 2.24. The largest absolute Gasteiger partial charge is 0.506 e. The van der Waals surface area contributed by atoms with Crippen molar-refractivity contribution in [2.24, 2.45) is 13.0 Å². The molecule has 0 fully saturated rings. The van der Waals surface area contributed by atoms with Crippen molar-refractivity contribution in [2.75, 3.05) is 6.54 Å². The number of aromatic nitrogens is 2. The summed E-state index contributed by atoms with van der Waals surface area (Å²) in [4.78, 5) is 80.3. The number of pyridine rings is 1. The van der Waals surface area contributed by atoms with Crippen LogP contribution >= 0.6 is 0 Å². The van der Waals surface area contributed by atoms with Crippen LogP contribution in [-0.2, 0) is 34.4 Å². The zero-order valence-electron chi connectivity index (χ0n) is 28.9. The quantitative estimate of drug-likeness (QED) is 0.0910. The van der Waals surface area contributed by atoms with E-state index in [1.54, 1.807) is 48.7 Å². The Morgan fingerprint density at radius 3 is 2.25 bits per heavy atom. The van der Waals surface area contributed by atoms with E-state index in [9.17, 15) is 33.9 Å². The summed E-state index contributed by atoms with van der Waals surface area (Å²) in [7, 11) is 1.41. The summed E-state index contributed by atoms with van der Waals surface area (Å²) in [5.74, 6) is -4.45. The van der Waals surface area contributed by atoms with Crippen molar-refractivity contribution in [3.05, 3.63) is 112 Å². The highest BCUT2D eigenvalue weighted by Crippen LogP contribution is 2.27. The smallest absolute Gasteiger partial charge is 0.322 e. The lowest BCUT2D eigenvalue weighted by Crippen LogP contribution is -2.54. The van der Waals surface area contributed by atoms with Crippen LogP contribution in [0.4, 0.5) is 0 Å². The first-order chi connectivity index (χ1) is 24.8. The number of aromatic amines is 1. The number of aromatic hydroxyl groups is 1. The van der Waals surface area contributed by atoms with Crippen molar-refractivity contribution in [1.29, 1.82) is 0 Å². The molecule has 270 valence electrons. The van der Waals surface area contributed by atoms with Gasteiger partial charge in [0.05, 0.1) is 5.52 Å². The Labute approximate surface area is 298 Å². The molecular weight excluding hydrogens is 668 g/mol. The molecule has 52 heavy (non-hydrogen) atoms. The van der Waals surface area contributed by atoms with E-state index < -0.39 is 65.1 Å². The van der Waals surface area contributed by atoms with Crippen LogP contribution < -0.4 is 26.8 Å². The van der Waals surface area contributed by atoms with Gasteiger partial charge in [-0.05, 0) is 53.8 Å². The van der Waals surface area contributed by atoms with Crippen molar-refractivity contribution in [1.82, 2.24) is 30.8 Å². The summed E-state index contributed by atoms with van der Waals surface area (Å²) < 4.78 is 1.16. The van der Waals surface area contributed by atoms with Gasteiger partial charge in [0, 0.05) is 48.1 Å².